The van der Waals surface area contributed by atoms with Gasteiger partial charge in [-0.2, -0.15) is 0 Å². The zero-order chi connectivity index (χ0) is 18.8. The molecule has 0 bridgehead atoms. The van der Waals surface area contributed by atoms with E-state index in [1.807, 2.05) is 27.1 Å². The number of hydrogen-bond donors (Lipinski definition) is 2. The maximum atomic E-state index is 13.5. The number of rotatable bonds is 11. The molecule has 0 heterocycles. The Balaban J connectivity index is 1.82. The van der Waals surface area contributed by atoms with Gasteiger partial charge in [0.05, 0.1) is 12.6 Å². The van der Waals surface area contributed by atoms with Crippen LogP contribution in [0, 0.1) is 11.7 Å². The van der Waals surface area contributed by atoms with Crippen molar-refractivity contribution in [1.82, 2.24) is 15.5 Å². The second-order valence-electron chi connectivity index (χ2n) is 7.05. The Bertz CT molecular complexity index is 560. The van der Waals surface area contributed by atoms with Crippen LogP contribution in [0.2, 0.25) is 0 Å². The standard InChI is InChI=1S/C20H33FN4O/c1-4-22-20(23-11-6-12-26-15-16-9-10-16)24-14-19(25(2)3)17-7-5-8-18(21)13-17/h5,7-8,13,16,19H,4,6,9-12,14-15H2,1-3H3,(H2,22,23,24). The molecular weight excluding hydrogens is 331 g/mol. The summed E-state index contributed by atoms with van der Waals surface area (Å²) >= 11 is 0. The number of ether oxygens (including phenoxy) is 1. The van der Waals surface area contributed by atoms with Crippen LogP contribution in [0.3, 0.4) is 0 Å². The highest BCUT2D eigenvalue weighted by atomic mass is 19.1. The summed E-state index contributed by atoms with van der Waals surface area (Å²) in [7, 11) is 3.98. The van der Waals surface area contributed by atoms with Crippen molar-refractivity contribution in [1.29, 1.82) is 0 Å². The molecule has 1 aliphatic carbocycles. The molecule has 1 saturated carbocycles. The molecule has 1 aromatic rings. The molecule has 26 heavy (non-hydrogen) atoms. The van der Waals surface area contributed by atoms with Gasteiger partial charge in [0.25, 0.3) is 0 Å². The van der Waals surface area contributed by atoms with Crippen molar-refractivity contribution >= 4 is 5.96 Å². The van der Waals surface area contributed by atoms with Crippen molar-refractivity contribution in [2.75, 3.05) is 46.9 Å². The van der Waals surface area contributed by atoms with Crippen molar-refractivity contribution < 1.29 is 9.13 Å². The molecule has 0 radical (unpaired) electrons. The van der Waals surface area contributed by atoms with Crippen LogP contribution in [0.5, 0.6) is 0 Å². The minimum absolute atomic E-state index is 0.0306. The van der Waals surface area contributed by atoms with Gasteiger partial charge in [0.1, 0.15) is 5.82 Å². The van der Waals surface area contributed by atoms with E-state index in [-0.39, 0.29) is 11.9 Å². The fraction of sp³-hybridized carbons (Fsp3) is 0.650. The van der Waals surface area contributed by atoms with Gasteiger partial charge < -0.3 is 20.3 Å². The number of nitrogens with one attached hydrogen (secondary N) is 2. The van der Waals surface area contributed by atoms with Crippen LogP contribution in [-0.2, 0) is 4.74 Å². The molecular formula is C20H33FN4O. The monoisotopic (exact) mass is 364 g/mol. The Labute approximate surface area is 157 Å². The summed E-state index contributed by atoms with van der Waals surface area (Å²) in [6.45, 7) is 5.93. The highest BCUT2D eigenvalue weighted by Crippen LogP contribution is 2.28. The van der Waals surface area contributed by atoms with Crippen LogP contribution in [0.15, 0.2) is 29.3 Å². The van der Waals surface area contributed by atoms with Gasteiger partial charge in [-0.05, 0) is 63.9 Å². The smallest absolute Gasteiger partial charge is 0.191 e. The highest BCUT2D eigenvalue weighted by molar-refractivity contribution is 5.79. The molecule has 146 valence electrons. The van der Waals surface area contributed by atoms with Gasteiger partial charge in [0.2, 0.25) is 0 Å². The number of benzene rings is 1. The van der Waals surface area contributed by atoms with Crippen molar-refractivity contribution in [3.8, 4) is 0 Å². The first kappa shape index (κ1) is 20.6. The summed E-state index contributed by atoms with van der Waals surface area (Å²) in [5.41, 5.74) is 0.933. The lowest BCUT2D eigenvalue weighted by molar-refractivity contribution is 0.123. The predicted molar refractivity (Wildman–Crippen MR) is 105 cm³/mol. The molecule has 1 fully saturated rings. The van der Waals surface area contributed by atoms with Crippen molar-refractivity contribution in [2.24, 2.45) is 10.9 Å². The van der Waals surface area contributed by atoms with Gasteiger partial charge in [-0.1, -0.05) is 12.1 Å². The summed E-state index contributed by atoms with van der Waals surface area (Å²) in [4.78, 5) is 6.75. The van der Waals surface area contributed by atoms with E-state index in [4.69, 9.17) is 4.74 Å². The first-order valence-corrected chi connectivity index (χ1v) is 9.62. The quantitative estimate of drug-likeness (QED) is 0.360. The largest absolute Gasteiger partial charge is 0.381 e. The molecule has 1 atom stereocenters. The van der Waals surface area contributed by atoms with E-state index < -0.39 is 0 Å². The first-order chi connectivity index (χ1) is 12.6. The maximum absolute atomic E-state index is 13.5. The second-order valence-corrected chi connectivity index (χ2v) is 7.05. The van der Waals surface area contributed by atoms with Crippen LogP contribution >= 0.6 is 0 Å². The fourth-order valence-electron chi connectivity index (χ4n) is 2.72. The average Bonchev–Trinajstić information content (AvgIpc) is 3.42. The van der Waals surface area contributed by atoms with E-state index in [0.29, 0.717) is 6.54 Å². The van der Waals surface area contributed by atoms with E-state index in [1.54, 1.807) is 12.1 Å². The third-order valence-electron chi connectivity index (χ3n) is 4.43. The molecule has 0 aliphatic heterocycles. The molecule has 1 aliphatic rings. The van der Waals surface area contributed by atoms with Crippen LogP contribution in [0.4, 0.5) is 4.39 Å². The normalized spacial score (nSPS) is 16.0. The number of likely N-dealkylation sites (N-methyl/N-ethyl adjacent to an activating group) is 1. The Morgan fingerprint density at radius 1 is 1.35 bits per heavy atom. The third-order valence-corrected chi connectivity index (χ3v) is 4.43. The summed E-state index contributed by atoms with van der Waals surface area (Å²) in [5.74, 6) is 1.39. The molecule has 1 unspecified atom stereocenters. The van der Waals surface area contributed by atoms with Gasteiger partial charge in [0.15, 0.2) is 5.96 Å². The summed E-state index contributed by atoms with van der Waals surface area (Å²) in [5, 5.41) is 6.61. The van der Waals surface area contributed by atoms with E-state index in [1.165, 1.54) is 18.9 Å². The van der Waals surface area contributed by atoms with Gasteiger partial charge in [0, 0.05) is 26.3 Å². The molecule has 5 nitrogen and oxygen atoms in total. The molecule has 0 saturated heterocycles. The number of nitrogens with zero attached hydrogens (tertiary/aromatic N) is 2. The molecule has 6 heteroatoms. The zero-order valence-electron chi connectivity index (χ0n) is 16.3. The van der Waals surface area contributed by atoms with Crippen LogP contribution in [0.25, 0.3) is 0 Å². The number of halogens is 1. The second kappa shape index (κ2) is 11.1. The number of aliphatic imine (C=N–C) groups is 1. The molecule has 0 spiro atoms. The van der Waals surface area contributed by atoms with E-state index in [9.17, 15) is 4.39 Å². The predicted octanol–water partition coefficient (Wildman–Crippen LogP) is 2.80. The lowest BCUT2D eigenvalue weighted by Crippen LogP contribution is -2.38. The Morgan fingerprint density at radius 3 is 2.81 bits per heavy atom. The van der Waals surface area contributed by atoms with E-state index in [0.717, 1.165) is 50.2 Å². The molecule has 1 aromatic carbocycles. The Morgan fingerprint density at radius 2 is 2.15 bits per heavy atom. The highest BCUT2D eigenvalue weighted by Gasteiger charge is 2.20. The minimum atomic E-state index is -0.213. The van der Waals surface area contributed by atoms with Crippen molar-refractivity contribution in [3.05, 3.63) is 35.6 Å². The van der Waals surface area contributed by atoms with Gasteiger partial charge in [-0.3, -0.25) is 4.99 Å². The van der Waals surface area contributed by atoms with Crippen LogP contribution < -0.4 is 10.6 Å². The van der Waals surface area contributed by atoms with Crippen LogP contribution in [-0.4, -0.2) is 57.8 Å². The lowest BCUT2D eigenvalue weighted by atomic mass is 10.1. The Kier molecular flexibility index (Phi) is 8.85. The van der Waals surface area contributed by atoms with Gasteiger partial charge in [-0.15, -0.1) is 0 Å². The average molecular weight is 365 g/mol. The summed E-state index contributed by atoms with van der Waals surface area (Å²) in [6, 6.07) is 6.77. The topological polar surface area (TPSA) is 48.9 Å². The van der Waals surface area contributed by atoms with E-state index >= 15 is 0 Å². The maximum Gasteiger partial charge on any atom is 0.191 e. The van der Waals surface area contributed by atoms with Crippen molar-refractivity contribution in [3.63, 3.8) is 0 Å². The molecule has 0 amide bonds. The lowest BCUT2D eigenvalue weighted by Gasteiger charge is -2.23. The zero-order valence-corrected chi connectivity index (χ0v) is 16.3. The number of guanidine groups is 1. The molecule has 0 aromatic heterocycles. The van der Waals surface area contributed by atoms with Crippen molar-refractivity contribution in [2.45, 2.75) is 32.2 Å². The summed E-state index contributed by atoms with van der Waals surface area (Å²) in [6.07, 6.45) is 3.61. The fourth-order valence-corrected chi connectivity index (χ4v) is 2.72. The van der Waals surface area contributed by atoms with Gasteiger partial charge in [-0.25, -0.2) is 4.39 Å². The minimum Gasteiger partial charge on any atom is -0.381 e. The third kappa shape index (κ3) is 7.70. The Hall–Kier alpha value is -1.66. The number of hydrogen-bond acceptors (Lipinski definition) is 3. The summed E-state index contributed by atoms with van der Waals surface area (Å²) < 4.78 is 19.2. The SMILES string of the molecule is CCNC(=NCC(c1cccc(F)c1)N(C)C)NCCCOCC1CC1. The molecule has 2 rings (SSSR count). The van der Waals surface area contributed by atoms with E-state index in [2.05, 4.69) is 20.5 Å². The van der Waals surface area contributed by atoms with Crippen LogP contribution in [0.1, 0.15) is 37.8 Å². The van der Waals surface area contributed by atoms with Gasteiger partial charge >= 0.3 is 0 Å². The first-order valence-electron chi connectivity index (χ1n) is 9.62. The molecule has 2 N–H and O–H groups in total.